The first-order valence-electron chi connectivity index (χ1n) is 15.2. The van der Waals surface area contributed by atoms with Crippen molar-refractivity contribution in [1.82, 2.24) is 9.62 Å². The summed E-state index contributed by atoms with van der Waals surface area (Å²) in [6.45, 7) is 2.70. The fourth-order valence-electron chi connectivity index (χ4n) is 5.92. The third kappa shape index (κ3) is 7.99. The first-order chi connectivity index (χ1) is 22.5. The molecule has 0 bridgehead atoms. The van der Waals surface area contributed by atoms with Crippen LogP contribution in [0.2, 0.25) is 5.02 Å². The van der Waals surface area contributed by atoms with Crippen molar-refractivity contribution in [3.05, 3.63) is 113 Å². The van der Waals surface area contributed by atoms with E-state index >= 15 is 4.39 Å². The summed E-state index contributed by atoms with van der Waals surface area (Å²) in [5.74, 6) is -0.861. The van der Waals surface area contributed by atoms with Crippen molar-refractivity contribution in [2.24, 2.45) is 5.73 Å². The molecule has 0 aromatic heterocycles. The summed E-state index contributed by atoms with van der Waals surface area (Å²) in [6.07, 6.45) is 0.630. The van der Waals surface area contributed by atoms with Gasteiger partial charge in [-0.1, -0.05) is 41.9 Å². The van der Waals surface area contributed by atoms with Gasteiger partial charge in [-0.2, -0.15) is 4.31 Å². The van der Waals surface area contributed by atoms with Crippen LogP contribution < -0.4 is 21.1 Å². The molecule has 0 saturated carbocycles. The highest BCUT2D eigenvalue weighted by Crippen LogP contribution is 2.31. The molecule has 1 aliphatic heterocycles. The predicted molar refractivity (Wildman–Crippen MR) is 180 cm³/mol. The Balaban J connectivity index is 1.28. The summed E-state index contributed by atoms with van der Waals surface area (Å²) >= 11 is 6.48. The number of nitrogens with one attached hydrogen (secondary N) is 2. The van der Waals surface area contributed by atoms with Gasteiger partial charge in [0.25, 0.3) is 0 Å². The number of methoxy groups -OCH3 is 1. The smallest absolute Gasteiger partial charge is 0.243 e. The SMILES string of the molecule is COc1ccc(S(=O)(=O)N2[C@@H](CCc3c(F)cccc3NC(=O)[C@@H](N)Cc3ccc(-c4cccc(F)c4)c(Cl)c3)CNC[C@@H]2C)cc1. The number of piperazine rings is 1. The number of benzene rings is 4. The number of carbonyl (C=O) groups is 1. The number of halogens is 3. The Hall–Kier alpha value is -3.87. The Morgan fingerprint density at radius 3 is 2.51 bits per heavy atom. The molecule has 8 nitrogen and oxygen atoms in total. The number of hydrogen-bond donors (Lipinski definition) is 3. The quantitative estimate of drug-likeness (QED) is 0.185. The zero-order valence-electron chi connectivity index (χ0n) is 26.1. The first kappa shape index (κ1) is 34.5. The van der Waals surface area contributed by atoms with Crippen LogP contribution in [0.3, 0.4) is 0 Å². The Morgan fingerprint density at radius 2 is 1.81 bits per heavy atom. The van der Waals surface area contributed by atoms with E-state index < -0.39 is 33.8 Å². The molecular weight excluding hydrogens is 646 g/mol. The van der Waals surface area contributed by atoms with Crippen LogP contribution in [0.25, 0.3) is 11.1 Å². The van der Waals surface area contributed by atoms with Crippen LogP contribution in [-0.4, -0.2) is 57.0 Å². The summed E-state index contributed by atoms with van der Waals surface area (Å²) in [5.41, 5.74) is 8.77. The lowest BCUT2D eigenvalue weighted by Gasteiger charge is -2.40. The average molecular weight is 683 g/mol. The Morgan fingerprint density at radius 1 is 1.06 bits per heavy atom. The number of amides is 1. The van der Waals surface area contributed by atoms with Gasteiger partial charge in [-0.25, -0.2) is 17.2 Å². The summed E-state index contributed by atoms with van der Waals surface area (Å²) in [4.78, 5) is 13.3. The van der Waals surface area contributed by atoms with Crippen LogP contribution in [-0.2, 0) is 27.7 Å². The standard InChI is InChI=1S/C35H37ClF2N4O4S/c1-22-20-40-21-26(42(22)47(44,45)28-13-11-27(46-2)12-14-28)10-16-30-32(38)7-4-8-34(30)41-35(43)33(39)18-23-9-15-29(31(36)17-23)24-5-3-6-25(37)19-24/h3-9,11-15,17,19,22,26,33,40H,10,16,18,20-21,39H2,1-2H3,(H,41,43)/t22-,26-,33-/m0/s1. The molecule has 0 aliphatic carbocycles. The van der Waals surface area contributed by atoms with Gasteiger partial charge in [-0.15, -0.1) is 0 Å². The summed E-state index contributed by atoms with van der Waals surface area (Å²) < 4.78 is 63.1. The zero-order chi connectivity index (χ0) is 33.7. The summed E-state index contributed by atoms with van der Waals surface area (Å²) in [7, 11) is -2.35. The molecular formula is C35H37ClF2N4O4S. The monoisotopic (exact) mass is 682 g/mol. The topological polar surface area (TPSA) is 114 Å². The number of rotatable bonds is 11. The molecule has 1 heterocycles. The summed E-state index contributed by atoms with van der Waals surface area (Å²) in [6, 6.07) is 20.2. The third-order valence-corrected chi connectivity index (χ3v) is 10.7. The number of nitrogens with two attached hydrogens (primary N) is 1. The highest BCUT2D eigenvalue weighted by molar-refractivity contribution is 7.89. The van der Waals surface area contributed by atoms with E-state index in [1.54, 1.807) is 48.5 Å². The van der Waals surface area contributed by atoms with Gasteiger partial charge in [-0.3, -0.25) is 4.79 Å². The Kier molecular flexibility index (Phi) is 10.9. The Labute approximate surface area is 278 Å². The molecule has 3 atom stereocenters. The van der Waals surface area contributed by atoms with Crippen molar-refractivity contribution in [3.63, 3.8) is 0 Å². The minimum absolute atomic E-state index is 0.148. The number of ether oxygens (including phenoxy) is 1. The molecule has 1 aliphatic rings. The predicted octanol–water partition coefficient (Wildman–Crippen LogP) is 5.79. The molecule has 12 heteroatoms. The molecule has 0 unspecified atom stereocenters. The number of hydrogen-bond acceptors (Lipinski definition) is 6. The van der Waals surface area contributed by atoms with Crippen molar-refractivity contribution in [3.8, 4) is 16.9 Å². The van der Waals surface area contributed by atoms with Crippen LogP contribution in [0.15, 0.2) is 89.8 Å². The van der Waals surface area contributed by atoms with Crippen molar-refractivity contribution in [2.45, 2.75) is 49.2 Å². The normalized spacial score (nSPS) is 17.7. The maximum Gasteiger partial charge on any atom is 0.243 e. The molecule has 1 amide bonds. The van der Waals surface area contributed by atoms with E-state index in [4.69, 9.17) is 22.1 Å². The van der Waals surface area contributed by atoms with Crippen molar-refractivity contribution < 1.29 is 26.7 Å². The maximum absolute atomic E-state index is 15.2. The van der Waals surface area contributed by atoms with E-state index in [0.29, 0.717) is 47.0 Å². The zero-order valence-corrected chi connectivity index (χ0v) is 27.6. The second kappa shape index (κ2) is 14.9. The molecule has 1 saturated heterocycles. The van der Waals surface area contributed by atoms with Gasteiger partial charge in [0.05, 0.1) is 18.0 Å². The molecule has 4 aromatic rings. The van der Waals surface area contributed by atoms with E-state index in [0.717, 1.165) is 0 Å². The van der Waals surface area contributed by atoms with E-state index in [2.05, 4.69) is 10.6 Å². The lowest BCUT2D eigenvalue weighted by Crippen LogP contribution is -2.58. The maximum atomic E-state index is 15.2. The second-order valence-corrected chi connectivity index (χ2v) is 13.9. The number of carbonyl (C=O) groups excluding carboxylic acids is 1. The van der Waals surface area contributed by atoms with Gasteiger partial charge >= 0.3 is 0 Å². The van der Waals surface area contributed by atoms with Crippen LogP contribution in [0.4, 0.5) is 14.5 Å². The highest BCUT2D eigenvalue weighted by Gasteiger charge is 2.38. The molecule has 5 rings (SSSR count). The molecule has 1 fully saturated rings. The minimum Gasteiger partial charge on any atom is -0.497 e. The van der Waals surface area contributed by atoms with Gasteiger partial charge in [0.1, 0.15) is 17.4 Å². The van der Waals surface area contributed by atoms with E-state index in [-0.39, 0.29) is 40.8 Å². The molecule has 4 aromatic carbocycles. The minimum atomic E-state index is -3.86. The van der Waals surface area contributed by atoms with Gasteiger partial charge in [0.15, 0.2) is 0 Å². The molecule has 47 heavy (non-hydrogen) atoms. The number of anilines is 1. The van der Waals surface area contributed by atoms with Crippen LogP contribution in [0, 0.1) is 11.6 Å². The van der Waals surface area contributed by atoms with Crippen LogP contribution in [0.1, 0.15) is 24.5 Å². The lowest BCUT2D eigenvalue weighted by atomic mass is 9.99. The molecule has 4 N–H and O–H groups in total. The van der Waals surface area contributed by atoms with E-state index in [1.165, 1.54) is 47.8 Å². The molecule has 0 radical (unpaired) electrons. The van der Waals surface area contributed by atoms with Crippen molar-refractivity contribution in [1.29, 1.82) is 0 Å². The fourth-order valence-corrected chi connectivity index (χ4v) is 8.08. The van der Waals surface area contributed by atoms with Crippen LogP contribution >= 0.6 is 11.6 Å². The Bertz CT molecular complexity index is 1840. The summed E-state index contributed by atoms with van der Waals surface area (Å²) in [5, 5.41) is 6.44. The van der Waals surface area contributed by atoms with E-state index in [1.807, 2.05) is 6.92 Å². The molecule has 248 valence electrons. The first-order valence-corrected chi connectivity index (χ1v) is 17.1. The lowest BCUT2D eigenvalue weighted by molar-refractivity contribution is -0.117. The van der Waals surface area contributed by atoms with Crippen LogP contribution in [0.5, 0.6) is 5.75 Å². The fraction of sp³-hybridized carbons (Fsp3) is 0.286. The van der Waals surface area contributed by atoms with Gasteiger partial charge in [0.2, 0.25) is 15.9 Å². The average Bonchev–Trinajstić information content (AvgIpc) is 3.04. The number of nitrogens with zero attached hydrogens (tertiary/aromatic N) is 1. The highest BCUT2D eigenvalue weighted by atomic mass is 35.5. The van der Waals surface area contributed by atoms with Crippen molar-refractivity contribution >= 4 is 33.2 Å². The van der Waals surface area contributed by atoms with Gasteiger partial charge in [0, 0.05) is 47.0 Å². The molecule has 0 spiro atoms. The van der Waals surface area contributed by atoms with Gasteiger partial charge in [-0.05, 0) is 91.9 Å². The van der Waals surface area contributed by atoms with Gasteiger partial charge < -0.3 is 21.1 Å². The number of sulfonamides is 1. The van der Waals surface area contributed by atoms with E-state index in [9.17, 15) is 17.6 Å². The van der Waals surface area contributed by atoms with Crippen molar-refractivity contribution in [2.75, 3.05) is 25.5 Å². The third-order valence-electron chi connectivity index (χ3n) is 8.31. The second-order valence-electron chi connectivity index (χ2n) is 11.6. The largest absolute Gasteiger partial charge is 0.497 e.